The summed E-state index contributed by atoms with van der Waals surface area (Å²) in [5, 5.41) is 0. The van der Waals surface area contributed by atoms with E-state index in [2.05, 4.69) is 146 Å². The van der Waals surface area contributed by atoms with Gasteiger partial charge in [0.1, 0.15) is 0 Å². The average Bonchev–Trinajstić information content (AvgIpc) is 3.03. The minimum Gasteiger partial charge on any atom is -0.181 e. The molecule has 7 rings (SSSR count). The molecule has 0 radical (unpaired) electrons. The molecule has 0 saturated carbocycles. The monoisotopic (exact) mass is 536 g/mol. The zero-order valence-electron chi connectivity index (χ0n) is 24.8. The predicted octanol–water partition coefficient (Wildman–Crippen LogP) is 8.55. The molecular formula is C39H40N2+2. The van der Waals surface area contributed by atoms with E-state index in [9.17, 15) is 0 Å². The van der Waals surface area contributed by atoms with Gasteiger partial charge in [-0.25, -0.2) is 0 Å². The van der Waals surface area contributed by atoms with Gasteiger partial charge in [0.05, 0.1) is 11.1 Å². The number of nitrogens with zero attached hydrogens (tertiary/aromatic N) is 2. The van der Waals surface area contributed by atoms with E-state index in [0.717, 1.165) is 19.3 Å². The summed E-state index contributed by atoms with van der Waals surface area (Å²) in [4.78, 5) is 0. The number of aryl methyl sites for hydroxylation is 2. The summed E-state index contributed by atoms with van der Waals surface area (Å²) in [6.45, 7) is 9.34. The zero-order valence-corrected chi connectivity index (χ0v) is 24.8. The highest BCUT2D eigenvalue weighted by molar-refractivity contribution is 5.74. The summed E-state index contributed by atoms with van der Waals surface area (Å²) in [7, 11) is 0. The van der Waals surface area contributed by atoms with Gasteiger partial charge in [-0.3, -0.25) is 0 Å². The number of unbranched alkanes of at least 4 members (excludes halogenated alkanes) is 1. The van der Waals surface area contributed by atoms with Crippen LogP contribution in [-0.4, -0.2) is 0 Å². The normalized spacial score (nSPS) is 19.9. The first-order chi connectivity index (χ1) is 20.1. The number of rotatable bonds is 6. The van der Waals surface area contributed by atoms with Gasteiger partial charge in [0, 0.05) is 47.7 Å². The van der Waals surface area contributed by atoms with Gasteiger partial charge in [0.2, 0.25) is 11.4 Å². The maximum atomic E-state index is 2.67. The number of aromatic nitrogens is 2. The van der Waals surface area contributed by atoms with Crippen LogP contribution in [0.4, 0.5) is 0 Å². The first-order valence-corrected chi connectivity index (χ1v) is 15.5. The number of benzene rings is 3. The van der Waals surface area contributed by atoms with E-state index in [1.54, 1.807) is 0 Å². The summed E-state index contributed by atoms with van der Waals surface area (Å²) in [6.07, 6.45) is 10.4. The van der Waals surface area contributed by atoms with E-state index < -0.39 is 0 Å². The Hall–Kier alpha value is -4.04. The Morgan fingerprint density at radius 2 is 1.20 bits per heavy atom. The lowest BCUT2D eigenvalue weighted by Gasteiger charge is -2.48. The maximum absolute atomic E-state index is 2.67. The molecule has 0 N–H and O–H groups in total. The highest BCUT2D eigenvalue weighted by atomic mass is 15.2. The van der Waals surface area contributed by atoms with Gasteiger partial charge >= 0.3 is 0 Å². The number of hydrogen-bond donors (Lipinski definition) is 0. The van der Waals surface area contributed by atoms with E-state index in [1.807, 2.05) is 0 Å². The van der Waals surface area contributed by atoms with Crippen LogP contribution in [0.15, 0.2) is 109 Å². The van der Waals surface area contributed by atoms with E-state index in [-0.39, 0.29) is 11.1 Å². The fourth-order valence-electron chi connectivity index (χ4n) is 8.26. The van der Waals surface area contributed by atoms with Gasteiger partial charge in [-0.05, 0) is 48.6 Å². The minimum absolute atomic E-state index is 0.286. The molecule has 5 aromatic rings. The van der Waals surface area contributed by atoms with Gasteiger partial charge in [-0.2, -0.15) is 9.13 Å². The lowest BCUT2D eigenvalue weighted by atomic mass is 9.58. The van der Waals surface area contributed by atoms with Gasteiger partial charge in [-0.15, -0.1) is 0 Å². The third kappa shape index (κ3) is 3.43. The van der Waals surface area contributed by atoms with Crippen molar-refractivity contribution in [2.45, 2.75) is 70.9 Å². The van der Waals surface area contributed by atoms with Crippen molar-refractivity contribution < 1.29 is 9.13 Å². The van der Waals surface area contributed by atoms with Crippen molar-refractivity contribution in [2.24, 2.45) is 0 Å². The standard InChI is InChI=1S/C39H40N2/c1-5-8-16-29-23-24-40-37(26-29)32-20-13-15-22-35(32)39(7-3)38(40,6-2)34-21-14-12-19-31(34)36-25-28(4)33(27-41(36)39)30-17-10-9-11-18-30/h9-15,17-27H,5-8,16H2,1-4H3/q+2. The molecule has 2 heteroatoms. The first kappa shape index (κ1) is 25.9. The van der Waals surface area contributed by atoms with Gasteiger partial charge < -0.3 is 0 Å². The second-order valence-electron chi connectivity index (χ2n) is 11.9. The summed E-state index contributed by atoms with van der Waals surface area (Å²) in [5.41, 5.74) is 12.9. The van der Waals surface area contributed by atoms with Crippen molar-refractivity contribution in [3.8, 4) is 33.6 Å². The van der Waals surface area contributed by atoms with Crippen LogP contribution >= 0.6 is 0 Å². The lowest BCUT2D eigenvalue weighted by Crippen LogP contribution is -2.81. The van der Waals surface area contributed by atoms with Crippen molar-refractivity contribution in [1.29, 1.82) is 0 Å². The molecular weight excluding hydrogens is 496 g/mol. The van der Waals surface area contributed by atoms with E-state index in [4.69, 9.17) is 0 Å². The van der Waals surface area contributed by atoms with Crippen molar-refractivity contribution in [3.05, 3.63) is 132 Å². The number of hydrogen-bond acceptors (Lipinski definition) is 0. The molecule has 4 heterocycles. The second-order valence-corrected chi connectivity index (χ2v) is 11.9. The smallest absolute Gasteiger partial charge is 0.181 e. The van der Waals surface area contributed by atoms with Crippen LogP contribution in [0, 0.1) is 6.92 Å². The molecule has 2 atom stereocenters. The van der Waals surface area contributed by atoms with Crippen LogP contribution in [-0.2, 0) is 17.5 Å². The fraction of sp³-hybridized carbons (Fsp3) is 0.282. The van der Waals surface area contributed by atoms with Crippen molar-refractivity contribution in [1.82, 2.24) is 0 Å². The predicted molar refractivity (Wildman–Crippen MR) is 168 cm³/mol. The van der Waals surface area contributed by atoms with Gasteiger partial charge in [0.25, 0.3) is 11.1 Å². The molecule has 41 heavy (non-hydrogen) atoms. The maximum Gasteiger partial charge on any atom is 0.262 e. The quantitative estimate of drug-likeness (QED) is 0.192. The van der Waals surface area contributed by atoms with Crippen LogP contribution in [0.5, 0.6) is 0 Å². The van der Waals surface area contributed by atoms with Crippen LogP contribution in [0.1, 0.15) is 68.7 Å². The molecule has 3 aromatic carbocycles. The highest BCUT2D eigenvalue weighted by Gasteiger charge is 2.72. The number of pyridine rings is 2. The summed E-state index contributed by atoms with van der Waals surface area (Å²) >= 11 is 0. The van der Waals surface area contributed by atoms with Gasteiger partial charge in [-0.1, -0.05) is 93.9 Å². The summed E-state index contributed by atoms with van der Waals surface area (Å²) in [5.74, 6) is 0. The molecule has 0 saturated heterocycles. The topological polar surface area (TPSA) is 7.76 Å². The Kier molecular flexibility index (Phi) is 6.19. The zero-order chi connectivity index (χ0) is 28.2. The highest BCUT2D eigenvalue weighted by Crippen LogP contribution is 2.55. The molecule has 2 aliphatic heterocycles. The fourth-order valence-corrected chi connectivity index (χ4v) is 8.26. The number of fused-ring (bicyclic) bond motifs is 11. The molecule has 0 aliphatic carbocycles. The molecule has 0 fully saturated rings. The molecule has 2 nitrogen and oxygen atoms in total. The average molecular weight is 537 g/mol. The molecule has 2 aromatic heterocycles. The summed E-state index contributed by atoms with van der Waals surface area (Å²) < 4.78 is 5.33. The molecule has 2 aliphatic rings. The summed E-state index contributed by atoms with van der Waals surface area (Å²) in [6, 6.07) is 36.7. The third-order valence-electron chi connectivity index (χ3n) is 10.0. The van der Waals surface area contributed by atoms with E-state index in [1.165, 1.54) is 68.7 Å². The molecule has 2 unspecified atom stereocenters. The Morgan fingerprint density at radius 3 is 1.83 bits per heavy atom. The van der Waals surface area contributed by atoms with E-state index >= 15 is 0 Å². The SMILES string of the molecule is CCCCc1cc[n+]2c(c1)-c1ccccc1C1(CC)[n+]3cc(-c4ccccc4)c(C)cc3-c3ccccc3C21CC. The van der Waals surface area contributed by atoms with Crippen LogP contribution in [0.3, 0.4) is 0 Å². The Balaban J connectivity index is 1.64. The Labute approximate surface area is 245 Å². The van der Waals surface area contributed by atoms with Crippen molar-refractivity contribution in [2.75, 3.05) is 0 Å². The van der Waals surface area contributed by atoms with Crippen LogP contribution in [0.25, 0.3) is 33.6 Å². The van der Waals surface area contributed by atoms with E-state index in [0.29, 0.717) is 0 Å². The molecule has 0 spiro atoms. The van der Waals surface area contributed by atoms with Gasteiger partial charge in [0.15, 0.2) is 12.4 Å². The Morgan fingerprint density at radius 1 is 0.610 bits per heavy atom. The van der Waals surface area contributed by atoms with Crippen molar-refractivity contribution in [3.63, 3.8) is 0 Å². The molecule has 0 amide bonds. The first-order valence-electron chi connectivity index (χ1n) is 15.5. The minimum atomic E-state index is -0.304. The largest absolute Gasteiger partial charge is 0.262 e. The second kappa shape index (κ2) is 9.80. The molecule has 204 valence electrons. The Bertz CT molecular complexity index is 1770. The molecule has 0 bridgehead atoms. The van der Waals surface area contributed by atoms with Crippen molar-refractivity contribution >= 4 is 0 Å². The third-order valence-corrected chi connectivity index (χ3v) is 10.0. The lowest BCUT2D eigenvalue weighted by molar-refractivity contribution is -0.861. The van der Waals surface area contributed by atoms with Crippen LogP contribution < -0.4 is 9.13 Å². The van der Waals surface area contributed by atoms with Crippen LogP contribution in [0.2, 0.25) is 0 Å².